The maximum absolute atomic E-state index is 13.0. The Morgan fingerprint density at radius 2 is 1.85 bits per heavy atom. The van der Waals surface area contributed by atoms with Crippen molar-refractivity contribution < 1.29 is 9.13 Å². The Hall–Kier alpha value is -2.99. The van der Waals surface area contributed by atoms with Crippen molar-refractivity contribution in [2.24, 2.45) is 0 Å². The summed E-state index contributed by atoms with van der Waals surface area (Å²) in [7, 11) is 0. The third kappa shape index (κ3) is 3.48. The second-order valence-electron chi connectivity index (χ2n) is 6.12. The first-order chi connectivity index (χ1) is 13.1. The van der Waals surface area contributed by atoms with Crippen molar-refractivity contribution in [3.05, 3.63) is 82.0 Å². The highest BCUT2D eigenvalue weighted by Gasteiger charge is 2.16. The van der Waals surface area contributed by atoms with E-state index in [9.17, 15) is 9.18 Å². The quantitative estimate of drug-likeness (QED) is 0.506. The fraction of sp³-hybridized carbons (Fsp3) is 0.143. The van der Waals surface area contributed by atoms with Crippen LogP contribution in [0.4, 0.5) is 4.39 Å². The number of nitrogens with zero attached hydrogens (tertiary/aromatic N) is 2. The van der Waals surface area contributed by atoms with Crippen molar-refractivity contribution in [1.82, 2.24) is 9.55 Å². The van der Waals surface area contributed by atoms with E-state index in [-0.39, 0.29) is 11.4 Å². The van der Waals surface area contributed by atoms with E-state index in [2.05, 4.69) is 4.98 Å². The Morgan fingerprint density at radius 3 is 2.59 bits per heavy atom. The molecule has 2 heterocycles. The Labute approximate surface area is 159 Å². The van der Waals surface area contributed by atoms with Crippen LogP contribution >= 0.6 is 11.3 Å². The Morgan fingerprint density at radius 1 is 1.11 bits per heavy atom. The number of halogens is 1. The van der Waals surface area contributed by atoms with Gasteiger partial charge < -0.3 is 4.74 Å². The molecule has 2 aromatic carbocycles. The summed E-state index contributed by atoms with van der Waals surface area (Å²) in [6.45, 7) is 2.67. The van der Waals surface area contributed by atoms with Gasteiger partial charge in [0.05, 0.1) is 18.3 Å². The average Bonchev–Trinajstić information content (AvgIpc) is 3.02. The monoisotopic (exact) mass is 380 g/mol. The van der Waals surface area contributed by atoms with E-state index in [0.717, 1.165) is 20.8 Å². The number of rotatable bonds is 5. The van der Waals surface area contributed by atoms with Gasteiger partial charge in [-0.15, -0.1) is 11.3 Å². The second kappa shape index (κ2) is 7.32. The van der Waals surface area contributed by atoms with Gasteiger partial charge in [-0.2, -0.15) is 0 Å². The molecule has 4 rings (SSSR count). The molecule has 0 aliphatic heterocycles. The van der Waals surface area contributed by atoms with Crippen LogP contribution in [-0.4, -0.2) is 16.2 Å². The fourth-order valence-corrected chi connectivity index (χ4v) is 4.05. The summed E-state index contributed by atoms with van der Waals surface area (Å²) in [5, 5.41) is 0.646. The minimum absolute atomic E-state index is 0.0779. The summed E-state index contributed by atoms with van der Waals surface area (Å²) in [4.78, 5) is 19.3. The topological polar surface area (TPSA) is 44.1 Å². The van der Waals surface area contributed by atoms with Crippen LogP contribution in [0.1, 0.15) is 4.88 Å². The lowest BCUT2D eigenvalue weighted by Gasteiger charge is -2.08. The largest absolute Gasteiger partial charge is 0.492 e. The van der Waals surface area contributed by atoms with Gasteiger partial charge in [-0.1, -0.05) is 30.3 Å². The molecule has 2 aromatic heterocycles. The van der Waals surface area contributed by atoms with Crippen LogP contribution in [0.3, 0.4) is 0 Å². The van der Waals surface area contributed by atoms with E-state index in [1.165, 1.54) is 23.5 Å². The van der Waals surface area contributed by atoms with Crippen LogP contribution in [0.25, 0.3) is 21.3 Å². The highest BCUT2D eigenvalue weighted by Crippen LogP contribution is 2.35. The van der Waals surface area contributed by atoms with Gasteiger partial charge in [-0.3, -0.25) is 9.36 Å². The zero-order valence-corrected chi connectivity index (χ0v) is 15.5. The van der Waals surface area contributed by atoms with E-state index >= 15 is 0 Å². The van der Waals surface area contributed by atoms with Gasteiger partial charge in [0, 0.05) is 10.4 Å². The number of aryl methyl sites for hydroxylation is 1. The van der Waals surface area contributed by atoms with Crippen molar-refractivity contribution in [3.63, 3.8) is 0 Å². The molecular formula is C21H17FN2O2S. The maximum Gasteiger partial charge on any atom is 0.262 e. The van der Waals surface area contributed by atoms with E-state index < -0.39 is 0 Å². The smallest absolute Gasteiger partial charge is 0.262 e. The van der Waals surface area contributed by atoms with Gasteiger partial charge in [0.15, 0.2) is 0 Å². The zero-order chi connectivity index (χ0) is 18.8. The highest BCUT2D eigenvalue weighted by atomic mass is 32.1. The van der Waals surface area contributed by atoms with Gasteiger partial charge in [0.1, 0.15) is 23.0 Å². The van der Waals surface area contributed by atoms with Crippen molar-refractivity contribution >= 4 is 21.6 Å². The summed E-state index contributed by atoms with van der Waals surface area (Å²) >= 11 is 1.53. The molecule has 0 atom stereocenters. The molecule has 0 aliphatic carbocycles. The van der Waals surface area contributed by atoms with Crippen LogP contribution in [-0.2, 0) is 6.54 Å². The molecule has 0 spiro atoms. The van der Waals surface area contributed by atoms with Crippen molar-refractivity contribution in [2.75, 3.05) is 6.61 Å². The Bertz CT molecular complexity index is 1130. The van der Waals surface area contributed by atoms with Crippen molar-refractivity contribution in [1.29, 1.82) is 0 Å². The van der Waals surface area contributed by atoms with Crippen molar-refractivity contribution in [2.45, 2.75) is 13.5 Å². The molecule has 0 saturated carbocycles. The molecule has 0 aliphatic rings. The van der Waals surface area contributed by atoms with E-state index in [0.29, 0.717) is 24.3 Å². The molecule has 0 saturated heterocycles. The number of hydrogen-bond donors (Lipinski definition) is 0. The molecule has 6 heteroatoms. The number of hydrogen-bond acceptors (Lipinski definition) is 4. The molecule has 4 aromatic rings. The molecule has 0 unspecified atom stereocenters. The van der Waals surface area contributed by atoms with Crippen LogP contribution in [0, 0.1) is 12.7 Å². The van der Waals surface area contributed by atoms with Crippen LogP contribution in [0.5, 0.6) is 5.75 Å². The van der Waals surface area contributed by atoms with Gasteiger partial charge in [-0.25, -0.2) is 9.37 Å². The normalized spacial score (nSPS) is 11.0. The van der Waals surface area contributed by atoms with Gasteiger partial charge >= 0.3 is 0 Å². The number of thiophene rings is 1. The summed E-state index contributed by atoms with van der Waals surface area (Å²) in [5.74, 6) is 0.254. The predicted molar refractivity (Wildman–Crippen MR) is 106 cm³/mol. The van der Waals surface area contributed by atoms with Crippen LogP contribution < -0.4 is 10.3 Å². The molecule has 136 valence electrons. The number of ether oxygens (including phenoxy) is 1. The highest BCUT2D eigenvalue weighted by molar-refractivity contribution is 7.19. The molecule has 4 nitrogen and oxygen atoms in total. The van der Waals surface area contributed by atoms with Crippen LogP contribution in [0.2, 0.25) is 0 Å². The molecule has 27 heavy (non-hydrogen) atoms. The molecule has 0 amide bonds. The first kappa shape index (κ1) is 17.4. The van der Waals surface area contributed by atoms with Gasteiger partial charge in [0.25, 0.3) is 5.56 Å². The standard InChI is InChI=1S/C21H17FN2O2S/c1-14-18(15-5-3-2-4-6-15)19-20(27-14)23-13-24(21(19)25)11-12-26-17-9-7-16(22)8-10-17/h2-10,13H,11-12H2,1H3. The summed E-state index contributed by atoms with van der Waals surface area (Å²) in [5.41, 5.74) is 1.88. The first-order valence-corrected chi connectivity index (χ1v) is 9.37. The molecule has 0 fully saturated rings. The van der Waals surface area contributed by atoms with Gasteiger partial charge in [-0.05, 0) is 36.8 Å². The zero-order valence-electron chi connectivity index (χ0n) is 14.7. The molecular weight excluding hydrogens is 363 g/mol. The molecule has 0 bridgehead atoms. The number of fused-ring (bicyclic) bond motifs is 1. The lowest BCUT2D eigenvalue weighted by atomic mass is 10.0. The Balaban J connectivity index is 1.64. The summed E-state index contributed by atoms with van der Waals surface area (Å²) in [6, 6.07) is 15.7. The summed E-state index contributed by atoms with van der Waals surface area (Å²) in [6.07, 6.45) is 1.56. The molecule has 0 N–H and O–H groups in total. The minimum Gasteiger partial charge on any atom is -0.492 e. The van der Waals surface area contributed by atoms with E-state index in [1.807, 2.05) is 37.3 Å². The first-order valence-electron chi connectivity index (χ1n) is 8.56. The fourth-order valence-electron chi connectivity index (χ4n) is 3.04. The lowest BCUT2D eigenvalue weighted by Crippen LogP contribution is -2.23. The lowest BCUT2D eigenvalue weighted by molar-refractivity contribution is 0.295. The van der Waals surface area contributed by atoms with E-state index in [4.69, 9.17) is 4.74 Å². The van der Waals surface area contributed by atoms with Crippen molar-refractivity contribution in [3.8, 4) is 16.9 Å². The van der Waals surface area contributed by atoms with Crippen LogP contribution in [0.15, 0.2) is 65.7 Å². The molecule has 0 radical (unpaired) electrons. The number of benzene rings is 2. The SMILES string of the molecule is Cc1sc2ncn(CCOc3ccc(F)cc3)c(=O)c2c1-c1ccccc1. The second-order valence-corrected chi connectivity index (χ2v) is 7.33. The maximum atomic E-state index is 13.0. The average molecular weight is 380 g/mol. The minimum atomic E-state index is -0.311. The Kier molecular flexibility index (Phi) is 4.73. The third-order valence-corrected chi connectivity index (χ3v) is 5.35. The third-order valence-electron chi connectivity index (χ3n) is 4.33. The van der Waals surface area contributed by atoms with Gasteiger partial charge in [0.2, 0.25) is 0 Å². The predicted octanol–water partition coefficient (Wildman–Crippen LogP) is 4.65. The number of aromatic nitrogens is 2. The van der Waals surface area contributed by atoms with E-state index in [1.54, 1.807) is 23.0 Å². The summed E-state index contributed by atoms with van der Waals surface area (Å²) < 4.78 is 20.1.